The lowest BCUT2D eigenvalue weighted by atomic mass is 9.90. The van der Waals surface area contributed by atoms with E-state index in [9.17, 15) is 15.0 Å². The van der Waals surface area contributed by atoms with Gasteiger partial charge in [0.25, 0.3) is 0 Å². The maximum Gasteiger partial charge on any atom is 0.321 e. The van der Waals surface area contributed by atoms with Gasteiger partial charge in [0.1, 0.15) is 11.5 Å². The molecule has 0 radical (unpaired) electrons. The molecule has 190 valence electrons. The Balaban J connectivity index is 1.34. The second kappa shape index (κ2) is 10.9. The van der Waals surface area contributed by atoms with Gasteiger partial charge in [-0.2, -0.15) is 0 Å². The van der Waals surface area contributed by atoms with Gasteiger partial charge in [-0.05, 0) is 93.5 Å². The van der Waals surface area contributed by atoms with E-state index >= 15 is 0 Å². The summed E-state index contributed by atoms with van der Waals surface area (Å²) in [4.78, 5) is 14.1. The van der Waals surface area contributed by atoms with Crippen LogP contribution in [-0.4, -0.2) is 23.3 Å². The lowest BCUT2D eigenvalue weighted by Crippen LogP contribution is -2.36. The highest BCUT2D eigenvalue weighted by molar-refractivity contribution is 6.30. The third-order valence-corrected chi connectivity index (χ3v) is 6.91. The Morgan fingerprint density at radius 3 is 2.16 bits per heavy atom. The predicted molar refractivity (Wildman–Crippen MR) is 154 cm³/mol. The van der Waals surface area contributed by atoms with Gasteiger partial charge < -0.3 is 15.5 Å². The van der Waals surface area contributed by atoms with Crippen molar-refractivity contribution in [3.63, 3.8) is 0 Å². The van der Waals surface area contributed by atoms with Crippen LogP contribution >= 0.6 is 11.6 Å². The Morgan fingerprint density at radius 2 is 1.45 bits per heavy atom. The third kappa shape index (κ3) is 5.58. The molecule has 0 aromatic heterocycles. The average molecular weight is 523 g/mol. The van der Waals surface area contributed by atoms with Crippen molar-refractivity contribution in [3.8, 4) is 22.6 Å². The molecule has 5 rings (SSSR count). The number of phenolic OH excluding ortho intramolecular Hbond substituents is 2. The number of benzene rings is 5. The second-order valence-corrected chi connectivity index (χ2v) is 9.67. The fraction of sp³-hybridized carbons (Fsp3) is 0.0938. The molecule has 5 aromatic rings. The first-order valence-electron chi connectivity index (χ1n) is 12.3. The Labute approximate surface area is 226 Å². The van der Waals surface area contributed by atoms with Gasteiger partial charge in [0.15, 0.2) is 0 Å². The molecule has 0 unspecified atom stereocenters. The average Bonchev–Trinajstić information content (AvgIpc) is 2.93. The number of hydrogen-bond donors (Lipinski definition) is 3. The highest BCUT2D eigenvalue weighted by Crippen LogP contribution is 2.34. The minimum atomic E-state index is -0.200. The van der Waals surface area contributed by atoms with Crippen LogP contribution in [0, 0.1) is 0 Å². The number of halogens is 1. The van der Waals surface area contributed by atoms with Crippen LogP contribution in [0.1, 0.15) is 16.7 Å². The van der Waals surface area contributed by atoms with E-state index in [1.54, 1.807) is 60.5 Å². The van der Waals surface area contributed by atoms with E-state index in [2.05, 4.69) is 23.5 Å². The number of urea groups is 1. The normalized spacial score (nSPS) is 10.9. The number of aromatic hydroxyl groups is 2. The van der Waals surface area contributed by atoms with Crippen LogP contribution in [0.4, 0.5) is 10.5 Å². The summed E-state index contributed by atoms with van der Waals surface area (Å²) in [6.07, 6.45) is 0.685. The standard InChI is InChI=1S/C32H27ClN2O3/c1-35(26-11-9-25(33)10-12-26)32(38)34-20-22-4-2-21(3-5-22)18-31-29(23-6-13-27(36)14-7-23)16-8-24-19-28(37)15-17-30(24)31/h2-17,19,36-37H,18,20H2,1H3,(H,34,38). The summed E-state index contributed by atoms with van der Waals surface area (Å²) in [5.41, 5.74) is 6.10. The Morgan fingerprint density at radius 1 is 0.789 bits per heavy atom. The zero-order valence-corrected chi connectivity index (χ0v) is 21.6. The summed E-state index contributed by atoms with van der Waals surface area (Å²) < 4.78 is 0. The molecule has 0 aliphatic carbocycles. The van der Waals surface area contributed by atoms with Crippen molar-refractivity contribution in [2.45, 2.75) is 13.0 Å². The van der Waals surface area contributed by atoms with Gasteiger partial charge in [0.2, 0.25) is 0 Å². The van der Waals surface area contributed by atoms with Crippen LogP contribution in [0.25, 0.3) is 21.9 Å². The molecule has 6 heteroatoms. The molecule has 0 spiro atoms. The van der Waals surface area contributed by atoms with E-state index in [1.165, 1.54) is 0 Å². The topological polar surface area (TPSA) is 72.8 Å². The van der Waals surface area contributed by atoms with Crippen LogP contribution in [0.15, 0.2) is 103 Å². The number of amides is 2. The molecule has 0 saturated heterocycles. The van der Waals surface area contributed by atoms with Crippen molar-refractivity contribution in [2.75, 3.05) is 11.9 Å². The number of rotatable bonds is 6. The van der Waals surface area contributed by atoms with Crippen LogP contribution in [0.2, 0.25) is 5.02 Å². The number of fused-ring (bicyclic) bond motifs is 1. The molecule has 0 atom stereocenters. The molecule has 0 saturated carbocycles. The molecule has 0 aliphatic rings. The molecule has 0 heterocycles. The first kappa shape index (κ1) is 25.2. The summed E-state index contributed by atoms with van der Waals surface area (Å²) >= 11 is 5.94. The van der Waals surface area contributed by atoms with Crippen molar-refractivity contribution in [2.24, 2.45) is 0 Å². The first-order valence-corrected chi connectivity index (χ1v) is 12.6. The number of hydrogen-bond acceptors (Lipinski definition) is 3. The highest BCUT2D eigenvalue weighted by Gasteiger charge is 2.13. The van der Waals surface area contributed by atoms with Crippen molar-refractivity contribution in [1.29, 1.82) is 0 Å². The summed E-state index contributed by atoms with van der Waals surface area (Å²) in [5, 5.41) is 25.4. The molecule has 3 N–H and O–H groups in total. The largest absolute Gasteiger partial charge is 0.508 e. The van der Waals surface area contributed by atoms with Gasteiger partial charge in [-0.1, -0.05) is 66.2 Å². The van der Waals surface area contributed by atoms with E-state index in [4.69, 9.17) is 11.6 Å². The third-order valence-electron chi connectivity index (χ3n) is 6.66. The number of nitrogens with zero attached hydrogens (tertiary/aromatic N) is 1. The van der Waals surface area contributed by atoms with Crippen molar-refractivity contribution in [3.05, 3.63) is 125 Å². The lowest BCUT2D eigenvalue weighted by molar-refractivity contribution is 0.247. The Hall–Kier alpha value is -4.48. The first-order chi connectivity index (χ1) is 18.4. The molecule has 0 fully saturated rings. The van der Waals surface area contributed by atoms with Gasteiger partial charge in [-0.3, -0.25) is 4.90 Å². The van der Waals surface area contributed by atoms with E-state index in [1.807, 2.05) is 36.4 Å². The van der Waals surface area contributed by atoms with E-state index < -0.39 is 0 Å². The van der Waals surface area contributed by atoms with Crippen molar-refractivity contribution < 1.29 is 15.0 Å². The number of carbonyl (C=O) groups excluding carboxylic acids is 1. The van der Waals surface area contributed by atoms with Crippen molar-refractivity contribution in [1.82, 2.24) is 5.32 Å². The van der Waals surface area contributed by atoms with Crippen LogP contribution < -0.4 is 10.2 Å². The van der Waals surface area contributed by atoms with Crippen molar-refractivity contribution >= 4 is 34.1 Å². The SMILES string of the molecule is CN(C(=O)NCc1ccc(Cc2c(-c3ccc(O)cc3)ccc3cc(O)ccc23)cc1)c1ccc(Cl)cc1. The molecule has 38 heavy (non-hydrogen) atoms. The molecular weight excluding hydrogens is 496 g/mol. The number of carbonyl (C=O) groups is 1. The Bertz CT molecular complexity index is 1580. The maximum atomic E-state index is 12.6. The summed E-state index contributed by atoms with van der Waals surface area (Å²) in [5.74, 6) is 0.456. The highest BCUT2D eigenvalue weighted by atomic mass is 35.5. The number of phenols is 2. The van der Waals surface area contributed by atoms with Crippen LogP contribution in [-0.2, 0) is 13.0 Å². The Kier molecular flexibility index (Phi) is 7.20. The fourth-order valence-corrected chi connectivity index (χ4v) is 4.67. The minimum Gasteiger partial charge on any atom is -0.508 e. The fourth-order valence-electron chi connectivity index (χ4n) is 4.54. The molecule has 0 aliphatic heterocycles. The molecule has 5 aromatic carbocycles. The maximum absolute atomic E-state index is 12.6. The van der Waals surface area contributed by atoms with Gasteiger partial charge in [-0.15, -0.1) is 0 Å². The summed E-state index contributed by atoms with van der Waals surface area (Å²) in [6, 6.07) is 31.8. The molecular formula is C32H27ClN2O3. The van der Waals surface area contributed by atoms with Gasteiger partial charge in [0.05, 0.1) is 0 Å². The minimum absolute atomic E-state index is 0.200. The summed E-state index contributed by atoms with van der Waals surface area (Å²) in [6.45, 7) is 0.406. The molecule has 5 nitrogen and oxygen atoms in total. The summed E-state index contributed by atoms with van der Waals surface area (Å²) in [7, 11) is 1.72. The zero-order valence-electron chi connectivity index (χ0n) is 20.9. The molecule has 2 amide bonds. The lowest BCUT2D eigenvalue weighted by Gasteiger charge is -2.18. The zero-order chi connectivity index (χ0) is 26.6. The van der Waals surface area contributed by atoms with E-state index in [-0.39, 0.29) is 17.5 Å². The van der Waals surface area contributed by atoms with Gasteiger partial charge >= 0.3 is 6.03 Å². The van der Waals surface area contributed by atoms with E-state index in [0.717, 1.165) is 44.3 Å². The smallest absolute Gasteiger partial charge is 0.321 e. The number of nitrogens with one attached hydrogen (secondary N) is 1. The van der Waals surface area contributed by atoms with Gasteiger partial charge in [0, 0.05) is 24.3 Å². The number of anilines is 1. The second-order valence-electron chi connectivity index (χ2n) is 9.23. The predicted octanol–water partition coefficient (Wildman–Crippen LogP) is 7.51. The van der Waals surface area contributed by atoms with Crippen LogP contribution in [0.5, 0.6) is 11.5 Å². The van der Waals surface area contributed by atoms with Gasteiger partial charge in [-0.25, -0.2) is 4.79 Å². The van der Waals surface area contributed by atoms with Crippen LogP contribution in [0.3, 0.4) is 0 Å². The van der Waals surface area contributed by atoms with E-state index in [0.29, 0.717) is 18.0 Å². The molecule has 0 bridgehead atoms. The monoisotopic (exact) mass is 522 g/mol. The quantitative estimate of drug-likeness (QED) is 0.216.